The molecule has 1 heterocycles. The van der Waals surface area contributed by atoms with Crippen LogP contribution < -0.4 is 5.32 Å². The number of halogens is 3. The summed E-state index contributed by atoms with van der Waals surface area (Å²) in [6, 6.07) is 5.54. The molecule has 1 aromatic rings. The van der Waals surface area contributed by atoms with Gasteiger partial charge in [0, 0.05) is 31.6 Å². The van der Waals surface area contributed by atoms with Crippen molar-refractivity contribution in [3.8, 4) is 0 Å². The Hall–Kier alpha value is -1.56. The van der Waals surface area contributed by atoms with E-state index < -0.39 is 11.7 Å². The van der Waals surface area contributed by atoms with Crippen molar-refractivity contribution >= 4 is 5.91 Å². The molecule has 22 heavy (non-hydrogen) atoms. The molecule has 1 aliphatic rings. The number of carbonyl (C=O) groups excluding carboxylic acids is 1. The fourth-order valence-corrected chi connectivity index (χ4v) is 2.80. The zero-order chi connectivity index (χ0) is 16.3. The number of benzene rings is 1. The first-order valence-electron chi connectivity index (χ1n) is 7.45. The average Bonchev–Trinajstić information content (AvgIpc) is 2.43. The Morgan fingerprint density at radius 2 is 1.73 bits per heavy atom. The van der Waals surface area contributed by atoms with Gasteiger partial charge in [-0.3, -0.25) is 4.79 Å². The number of hydrogen-bond acceptors (Lipinski definition) is 2. The molecule has 0 bridgehead atoms. The minimum atomic E-state index is -4.32. The fourth-order valence-electron chi connectivity index (χ4n) is 2.80. The van der Waals surface area contributed by atoms with E-state index >= 15 is 0 Å². The average molecular weight is 314 g/mol. The predicted octanol–water partition coefficient (Wildman–Crippen LogP) is 2.85. The van der Waals surface area contributed by atoms with E-state index in [1.807, 2.05) is 18.7 Å². The van der Waals surface area contributed by atoms with Crippen LogP contribution in [-0.2, 0) is 17.4 Å². The second kappa shape index (κ2) is 6.69. The lowest BCUT2D eigenvalue weighted by atomic mass is 10.1. The van der Waals surface area contributed by atoms with E-state index in [-0.39, 0.29) is 18.0 Å². The van der Waals surface area contributed by atoms with E-state index in [9.17, 15) is 18.0 Å². The largest absolute Gasteiger partial charge is 0.416 e. The van der Waals surface area contributed by atoms with Gasteiger partial charge >= 0.3 is 6.18 Å². The summed E-state index contributed by atoms with van der Waals surface area (Å²) >= 11 is 0. The lowest BCUT2D eigenvalue weighted by Gasteiger charge is -2.36. The quantitative estimate of drug-likeness (QED) is 0.930. The van der Waals surface area contributed by atoms with Crippen LogP contribution in [0.25, 0.3) is 0 Å². The molecular formula is C16H21F3N2O. The van der Waals surface area contributed by atoms with E-state index in [1.54, 1.807) is 0 Å². The minimum absolute atomic E-state index is 0.0556. The number of nitrogens with one attached hydrogen (secondary N) is 1. The minimum Gasteiger partial charge on any atom is -0.340 e. The van der Waals surface area contributed by atoms with Gasteiger partial charge in [0.15, 0.2) is 0 Å². The van der Waals surface area contributed by atoms with Crippen molar-refractivity contribution in [3.05, 3.63) is 35.4 Å². The summed E-state index contributed by atoms with van der Waals surface area (Å²) < 4.78 is 37.4. The van der Waals surface area contributed by atoms with Crippen LogP contribution in [0.2, 0.25) is 0 Å². The highest BCUT2D eigenvalue weighted by molar-refractivity contribution is 5.76. The van der Waals surface area contributed by atoms with Crippen molar-refractivity contribution in [1.29, 1.82) is 0 Å². The summed E-state index contributed by atoms with van der Waals surface area (Å²) in [6.07, 6.45) is -3.53. The highest BCUT2D eigenvalue weighted by atomic mass is 19.4. The molecule has 0 spiro atoms. The first kappa shape index (κ1) is 16.8. The summed E-state index contributed by atoms with van der Waals surface area (Å²) in [5.41, 5.74) is 0.0879. The van der Waals surface area contributed by atoms with Gasteiger partial charge in [0.25, 0.3) is 0 Å². The van der Waals surface area contributed by atoms with Gasteiger partial charge in [-0.15, -0.1) is 0 Å². The van der Waals surface area contributed by atoms with E-state index in [2.05, 4.69) is 5.32 Å². The molecule has 0 aromatic heterocycles. The molecule has 1 fully saturated rings. The number of carbonyl (C=O) groups is 1. The van der Waals surface area contributed by atoms with Gasteiger partial charge in [0.2, 0.25) is 5.91 Å². The maximum absolute atomic E-state index is 12.5. The van der Waals surface area contributed by atoms with Gasteiger partial charge in [-0.2, -0.15) is 13.2 Å². The van der Waals surface area contributed by atoms with Crippen molar-refractivity contribution in [3.63, 3.8) is 0 Å². The number of piperazine rings is 1. The maximum atomic E-state index is 12.5. The van der Waals surface area contributed by atoms with Crippen LogP contribution in [0.4, 0.5) is 13.2 Å². The third kappa shape index (κ3) is 4.47. The first-order valence-corrected chi connectivity index (χ1v) is 7.45. The Morgan fingerprint density at radius 1 is 1.18 bits per heavy atom. The van der Waals surface area contributed by atoms with Crippen LogP contribution in [0, 0.1) is 0 Å². The summed E-state index contributed by atoms with van der Waals surface area (Å²) in [4.78, 5) is 14.0. The monoisotopic (exact) mass is 314 g/mol. The molecule has 1 saturated heterocycles. The van der Waals surface area contributed by atoms with Gasteiger partial charge in [-0.25, -0.2) is 0 Å². The predicted molar refractivity (Wildman–Crippen MR) is 78.4 cm³/mol. The van der Waals surface area contributed by atoms with Crippen molar-refractivity contribution in [2.45, 2.75) is 44.9 Å². The molecule has 122 valence electrons. The molecule has 0 saturated carbocycles. The van der Waals surface area contributed by atoms with Crippen LogP contribution in [0.1, 0.15) is 31.4 Å². The molecule has 1 N–H and O–H groups in total. The highest BCUT2D eigenvalue weighted by Crippen LogP contribution is 2.29. The summed E-state index contributed by atoms with van der Waals surface area (Å²) in [6.45, 7) is 5.42. The zero-order valence-electron chi connectivity index (χ0n) is 12.8. The molecule has 1 amide bonds. The summed E-state index contributed by atoms with van der Waals surface area (Å²) in [5.74, 6) is 0.0556. The smallest absolute Gasteiger partial charge is 0.340 e. The molecule has 0 radical (unpaired) electrons. The lowest BCUT2D eigenvalue weighted by Crippen LogP contribution is -2.55. The van der Waals surface area contributed by atoms with Crippen LogP contribution in [-0.4, -0.2) is 36.0 Å². The number of rotatable bonds is 3. The highest BCUT2D eigenvalue weighted by Gasteiger charge is 2.30. The number of amides is 1. The number of nitrogens with zero attached hydrogens (tertiary/aromatic N) is 1. The van der Waals surface area contributed by atoms with E-state index in [4.69, 9.17) is 0 Å². The molecule has 0 aliphatic carbocycles. The second-order valence-electron chi connectivity index (χ2n) is 5.96. The SMILES string of the molecule is C[C@@H]1CN(C(=O)CCc2ccc(C(F)(F)F)cc2)C[C@@H](C)N1. The Morgan fingerprint density at radius 3 is 2.23 bits per heavy atom. The van der Waals surface area contributed by atoms with Gasteiger partial charge in [0.05, 0.1) is 5.56 Å². The number of alkyl halides is 3. The van der Waals surface area contributed by atoms with Gasteiger partial charge in [-0.05, 0) is 38.0 Å². The van der Waals surface area contributed by atoms with Crippen molar-refractivity contribution < 1.29 is 18.0 Å². The maximum Gasteiger partial charge on any atom is 0.416 e. The zero-order valence-corrected chi connectivity index (χ0v) is 12.8. The third-order valence-corrected chi connectivity index (χ3v) is 3.82. The normalized spacial score (nSPS) is 22.7. The Kier molecular flexibility index (Phi) is 5.11. The van der Waals surface area contributed by atoms with Crippen molar-refractivity contribution in [1.82, 2.24) is 10.2 Å². The molecular weight excluding hydrogens is 293 g/mol. The van der Waals surface area contributed by atoms with Gasteiger partial charge in [-0.1, -0.05) is 12.1 Å². The summed E-state index contributed by atoms with van der Waals surface area (Å²) in [5, 5.41) is 3.36. The van der Waals surface area contributed by atoms with Crippen LogP contribution in [0.3, 0.4) is 0 Å². The van der Waals surface area contributed by atoms with Gasteiger partial charge in [0.1, 0.15) is 0 Å². The molecule has 1 aliphatic heterocycles. The van der Waals surface area contributed by atoms with E-state index in [0.29, 0.717) is 25.9 Å². The Bertz CT molecular complexity index is 503. The Balaban J connectivity index is 1.88. The van der Waals surface area contributed by atoms with E-state index in [0.717, 1.165) is 17.7 Å². The molecule has 2 atom stereocenters. The molecule has 3 nitrogen and oxygen atoms in total. The van der Waals surface area contributed by atoms with Crippen LogP contribution in [0.15, 0.2) is 24.3 Å². The second-order valence-corrected chi connectivity index (χ2v) is 5.96. The van der Waals surface area contributed by atoms with Crippen LogP contribution in [0.5, 0.6) is 0 Å². The summed E-state index contributed by atoms with van der Waals surface area (Å²) in [7, 11) is 0. The fraction of sp³-hybridized carbons (Fsp3) is 0.562. The number of hydrogen-bond donors (Lipinski definition) is 1. The van der Waals surface area contributed by atoms with E-state index in [1.165, 1.54) is 12.1 Å². The molecule has 1 aromatic carbocycles. The number of aryl methyl sites for hydroxylation is 1. The van der Waals surface area contributed by atoms with Crippen molar-refractivity contribution in [2.24, 2.45) is 0 Å². The van der Waals surface area contributed by atoms with Gasteiger partial charge < -0.3 is 10.2 Å². The molecule has 2 rings (SSSR count). The topological polar surface area (TPSA) is 32.3 Å². The third-order valence-electron chi connectivity index (χ3n) is 3.82. The van der Waals surface area contributed by atoms with Crippen LogP contribution >= 0.6 is 0 Å². The lowest BCUT2D eigenvalue weighted by molar-refractivity contribution is -0.137. The standard InChI is InChI=1S/C16H21F3N2O/c1-11-9-21(10-12(2)20-11)15(22)8-5-13-3-6-14(7-4-13)16(17,18)19/h3-4,6-7,11-12,20H,5,8-10H2,1-2H3/t11-,12-/m1/s1. The molecule has 6 heteroatoms. The molecule has 0 unspecified atom stereocenters. The Labute approximate surface area is 128 Å². The van der Waals surface area contributed by atoms with Crippen molar-refractivity contribution in [2.75, 3.05) is 13.1 Å². The first-order chi connectivity index (χ1) is 10.3.